The first-order valence-corrected chi connectivity index (χ1v) is 13.1. The van der Waals surface area contributed by atoms with E-state index in [2.05, 4.69) is 21.3 Å². The lowest BCUT2D eigenvalue weighted by Gasteiger charge is -2.26. The summed E-state index contributed by atoms with van der Waals surface area (Å²) in [4.78, 5) is 50.1. The Morgan fingerprint density at radius 2 is 1.70 bits per heavy atom. The highest BCUT2D eigenvalue weighted by molar-refractivity contribution is 7.98. The summed E-state index contributed by atoms with van der Waals surface area (Å²) in [5.41, 5.74) is 5.56. The Labute approximate surface area is 200 Å². The second-order valence-electron chi connectivity index (χ2n) is 8.87. The van der Waals surface area contributed by atoms with E-state index in [4.69, 9.17) is 5.73 Å². The molecule has 1 aliphatic rings. The molecule has 1 aliphatic heterocycles. The highest BCUT2D eigenvalue weighted by atomic mass is 32.2. The van der Waals surface area contributed by atoms with E-state index in [1.165, 1.54) is 11.8 Å². The first-order chi connectivity index (χ1) is 15.7. The predicted octanol–water partition coefficient (Wildman–Crippen LogP) is 0.206. The fourth-order valence-electron chi connectivity index (χ4n) is 3.68. The maximum absolute atomic E-state index is 13.1. The van der Waals surface area contributed by atoms with E-state index in [0.29, 0.717) is 38.0 Å². The Morgan fingerprint density at radius 3 is 2.24 bits per heavy atom. The number of nitrogens with two attached hydrogens (primary N) is 1. The molecule has 11 heteroatoms. The highest BCUT2D eigenvalue weighted by Gasteiger charge is 2.31. The zero-order valence-corrected chi connectivity index (χ0v) is 20.8. The molecule has 4 atom stereocenters. The van der Waals surface area contributed by atoms with Crippen LogP contribution in [0.25, 0.3) is 0 Å². The summed E-state index contributed by atoms with van der Waals surface area (Å²) in [7, 11) is 0. The fraction of sp³-hybridized carbons (Fsp3) is 0.818. The van der Waals surface area contributed by atoms with Crippen LogP contribution in [0.2, 0.25) is 0 Å². The second-order valence-corrected chi connectivity index (χ2v) is 9.85. The Balaban J connectivity index is 2.89. The molecule has 3 amide bonds. The lowest BCUT2D eigenvalue weighted by molar-refractivity contribution is -0.142. The van der Waals surface area contributed by atoms with Crippen LogP contribution in [0.1, 0.15) is 58.8 Å². The van der Waals surface area contributed by atoms with Crippen molar-refractivity contribution in [3.63, 3.8) is 0 Å². The smallest absolute Gasteiger partial charge is 0.326 e. The molecule has 0 aromatic heterocycles. The van der Waals surface area contributed by atoms with Crippen LogP contribution < -0.4 is 27.0 Å². The van der Waals surface area contributed by atoms with Crippen LogP contribution in [0, 0.1) is 5.92 Å². The summed E-state index contributed by atoms with van der Waals surface area (Å²) in [5.74, 6) is -1.59. The molecule has 0 radical (unpaired) electrons. The number of carbonyl (C=O) groups excluding carboxylic acids is 3. The molecule has 190 valence electrons. The average Bonchev–Trinajstić information content (AvgIpc) is 3.30. The van der Waals surface area contributed by atoms with E-state index < -0.39 is 35.9 Å². The van der Waals surface area contributed by atoms with E-state index in [1.54, 1.807) is 0 Å². The van der Waals surface area contributed by atoms with Gasteiger partial charge in [0.05, 0.1) is 6.04 Å². The van der Waals surface area contributed by atoms with Gasteiger partial charge in [0, 0.05) is 0 Å². The number of aliphatic carboxylic acids is 1. The van der Waals surface area contributed by atoms with Crippen LogP contribution in [0.15, 0.2) is 0 Å². The van der Waals surface area contributed by atoms with Crippen molar-refractivity contribution in [2.75, 3.05) is 25.1 Å². The Kier molecular flexibility index (Phi) is 14.1. The fourth-order valence-corrected chi connectivity index (χ4v) is 4.15. The minimum absolute atomic E-state index is 0.144. The van der Waals surface area contributed by atoms with Crippen LogP contribution in [-0.2, 0) is 19.2 Å². The molecule has 0 saturated carbocycles. The molecule has 0 aromatic rings. The summed E-state index contributed by atoms with van der Waals surface area (Å²) in [6.45, 7) is 5.13. The third-order valence-corrected chi connectivity index (χ3v) is 6.17. The molecule has 0 spiro atoms. The van der Waals surface area contributed by atoms with Gasteiger partial charge < -0.3 is 32.1 Å². The number of rotatable bonds is 16. The van der Waals surface area contributed by atoms with Crippen LogP contribution in [0.5, 0.6) is 0 Å². The summed E-state index contributed by atoms with van der Waals surface area (Å²) in [5, 5.41) is 20.7. The number of carboxylic acid groups (broad SMARTS) is 1. The average molecular weight is 488 g/mol. The standard InChI is InChI=1S/C22H41N5O5S/c1-14(2)13-18(27-19(28)15-8-6-11-24-15)21(30)25-16(7-4-5-10-23)20(29)26-17(22(31)32)9-12-33-3/h14-18,24H,4-13,23H2,1-3H3,(H,25,30)(H,26,29)(H,27,28)(H,31,32). The van der Waals surface area contributed by atoms with Crippen molar-refractivity contribution in [3.8, 4) is 0 Å². The van der Waals surface area contributed by atoms with E-state index in [0.717, 1.165) is 19.4 Å². The molecule has 4 unspecified atom stereocenters. The topological polar surface area (TPSA) is 163 Å². The number of unbranched alkanes of at least 4 members (excludes halogenated alkanes) is 1. The van der Waals surface area contributed by atoms with Crippen LogP contribution in [0.3, 0.4) is 0 Å². The summed E-state index contributed by atoms with van der Waals surface area (Å²) >= 11 is 1.49. The number of hydrogen-bond donors (Lipinski definition) is 6. The van der Waals surface area contributed by atoms with Gasteiger partial charge in [-0.25, -0.2) is 4.79 Å². The molecule has 10 nitrogen and oxygen atoms in total. The van der Waals surface area contributed by atoms with Crippen LogP contribution >= 0.6 is 11.8 Å². The number of hydrogen-bond acceptors (Lipinski definition) is 7. The molecule has 0 aromatic carbocycles. The Hall–Kier alpha value is -1.85. The minimum Gasteiger partial charge on any atom is -0.480 e. The van der Waals surface area contributed by atoms with Crippen molar-refractivity contribution >= 4 is 35.5 Å². The maximum atomic E-state index is 13.1. The molecule has 1 rings (SSSR count). The van der Waals surface area contributed by atoms with Crippen molar-refractivity contribution < 1.29 is 24.3 Å². The van der Waals surface area contributed by atoms with Gasteiger partial charge in [-0.2, -0.15) is 11.8 Å². The lowest BCUT2D eigenvalue weighted by Crippen LogP contribution is -2.57. The van der Waals surface area contributed by atoms with Crippen LogP contribution in [0.4, 0.5) is 0 Å². The van der Waals surface area contributed by atoms with Gasteiger partial charge in [0.1, 0.15) is 18.1 Å². The largest absolute Gasteiger partial charge is 0.480 e. The van der Waals surface area contributed by atoms with Gasteiger partial charge in [-0.3, -0.25) is 14.4 Å². The van der Waals surface area contributed by atoms with E-state index in [1.807, 2.05) is 20.1 Å². The number of carbonyl (C=O) groups is 4. The molecule has 7 N–H and O–H groups in total. The van der Waals surface area contributed by atoms with Gasteiger partial charge in [-0.1, -0.05) is 13.8 Å². The predicted molar refractivity (Wildman–Crippen MR) is 130 cm³/mol. The second kappa shape index (κ2) is 15.9. The van der Waals surface area contributed by atoms with Crippen molar-refractivity contribution in [1.29, 1.82) is 0 Å². The number of amides is 3. The first-order valence-electron chi connectivity index (χ1n) is 11.8. The van der Waals surface area contributed by atoms with Gasteiger partial charge in [0.25, 0.3) is 0 Å². The number of nitrogens with one attached hydrogen (secondary N) is 4. The van der Waals surface area contributed by atoms with Crippen molar-refractivity contribution in [3.05, 3.63) is 0 Å². The molecular weight excluding hydrogens is 446 g/mol. The van der Waals surface area contributed by atoms with Gasteiger partial charge in [0.15, 0.2) is 0 Å². The summed E-state index contributed by atoms with van der Waals surface area (Å²) in [6, 6.07) is -3.03. The molecule has 33 heavy (non-hydrogen) atoms. The van der Waals surface area contributed by atoms with Gasteiger partial charge >= 0.3 is 5.97 Å². The van der Waals surface area contributed by atoms with Gasteiger partial charge in [-0.15, -0.1) is 0 Å². The molecular formula is C22H41N5O5S. The van der Waals surface area contributed by atoms with E-state index >= 15 is 0 Å². The number of thioether (sulfide) groups is 1. The Morgan fingerprint density at radius 1 is 1.03 bits per heavy atom. The molecule has 1 heterocycles. The lowest BCUT2D eigenvalue weighted by atomic mass is 10.0. The first kappa shape index (κ1) is 29.2. The van der Waals surface area contributed by atoms with Crippen LogP contribution in [-0.4, -0.2) is 78.1 Å². The van der Waals surface area contributed by atoms with Gasteiger partial charge in [-0.05, 0) is 76.0 Å². The zero-order valence-electron chi connectivity index (χ0n) is 20.0. The maximum Gasteiger partial charge on any atom is 0.326 e. The SMILES string of the molecule is CSCCC(NC(=O)C(CCCCN)NC(=O)C(CC(C)C)NC(=O)C1CCCN1)C(=O)O. The Bertz CT molecular complexity index is 643. The number of carboxylic acids is 1. The van der Waals surface area contributed by atoms with E-state index in [9.17, 15) is 24.3 Å². The minimum atomic E-state index is -1.11. The van der Waals surface area contributed by atoms with Gasteiger partial charge in [0.2, 0.25) is 17.7 Å². The van der Waals surface area contributed by atoms with Crippen molar-refractivity contribution in [2.24, 2.45) is 11.7 Å². The van der Waals surface area contributed by atoms with Crippen molar-refractivity contribution in [2.45, 2.75) is 83.0 Å². The van der Waals surface area contributed by atoms with E-state index in [-0.39, 0.29) is 24.3 Å². The summed E-state index contributed by atoms with van der Waals surface area (Å²) < 4.78 is 0. The molecule has 0 aliphatic carbocycles. The zero-order chi connectivity index (χ0) is 24.8. The highest BCUT2D eigenvalue weighted by Crippen LogP contribution is 2.11. The molecule has 1 saturated heterocycles. The third-order valence-electron chi connectivity index (χ3n) is 5.52. The summed E-state index contributed by atoms with van der Waals surface area (Å²) in [6.07, 6.45) is 5.80. The quantitative estimate of drug-likeness (QED) is 0.168. The van der Waals surface area contributed by atoms with Crippen molar-refractivity contribution in [1.82, 2.24) is 21.3 Å². The third kappa shape index (κ3) is 11.2. The normalized spacial score (nSPS) is 18.4. The molecule has 1 fully saturated rings. The molecule has 0 bridgehead atoms. The monoisotopic (exact) mass is 487 g/mol.